The number of sulfonamides is 1. The molecule has 0 bridgehead atoms. The smallest absolute Gasteiger partial charge is 0.319 e. The normalized spacial score (nSPS) is 12.4. The average molecular weight is 628 g/mol. The first-order valence-electron chi connectivity index (χ1n) is 13.1. The number of urea groups is 1. The molecule has 1 heterocycles. The zero-order valence-corrected chi connectivity index (χ0v) is 25.9. The summed E-state index contributed by atoms with van der Waals surface area (Å²) in [6.45, 7) is 5.86. The van der Waals surface area contributed by atoms with Gasteiger partial charge in [-0.05, 0) is 69.6 Å². The van der Waals surface area contributed by atoms with Gasteiger partial charge < -0.3 is 16.0 Å². The Morgan fingerprint density at radius 3 is 2.38 bits per heavy atom. The molecule has 12 heteroatoms. The second-order valence-electron chi connectivity index (χ2n) is 10.4. The summed E-state index contributed by atoms with van der Waals surface area (Å²) in [6.07, 6.45) is 5.34. The molecule has 0 aliphatic rings. The summed E-state index contributed by atoms with van der Waals surface area (Å²) in [4.78, 5) is 21.7. The summed E-state index contributed by atoms with van der Waals surface area (Å²) in [5.74, 6) is 0. The first-order valence-corrected chi connectivity index (χ1v) is 15.4. The Kier molecular flexibility index (Phi) is 9.73. The number of carbonyl (C=O) groups excluding carboxylic acids is 1. The maximum Gasteiger partial charge on any atom is 0.319 e. The number of nitrogens with zero attached hydrogens (tertiary/aromatic N) is 2. The molecule has 4 N–H and O–H groups in total. The van der Waals surface area contributed by atoms with E-state index in [1.54, 1.807) is 68.0 Å². The summed E-state index contributed by atoms with van der Waals surface area (Å²) in [6, 6.07) is 15.7. The van der Waals surface area contributed by atoms with Gasteiger partial charge in [-0.2, -0.15) is 0 Å². The maximum absolute atomic E-state index is 13.2. The standard InChI is InChI=1S/C30H32Cl2N6O3S/c1-19(22-11-12-23(28(32)27(22)31)26-18-34-14-15-35-26)36-29(39)37-25-16-20(17-30(2,3)33-4)10-13-24(25)38-42(40,41)21-8-6-5-7-9-21/h5-16,18-19,33,38H,17H2,1-4H3,(H2,36,37,39)/t19-/m0/s1. The third kappa shape index (κ3) is 7.57. The lowest BCUT2D eigenvalue weighted by molar-refractivity contribution is 0.249. The average Bonchev–Trinajstić information content (AvgIpc) is 2.96. The molecule has 2 amide bonds. The van der Waals surface area contributed by atoms with Crippen LogP contribution in [0.25, 0.3) is 11.3 Å². The Hall–Kier alpha value is -3.70. The number of hydrogen-bond acceptors (Lipinski definition) is 6. The quantitative estimate of drug-likeness (QED) is 0.156. The number of rotatable bonds is 10. The topological polar surface area (TPSA) is 125 Å². The number of anilines is 2. The van der Waals surface area contributed by atoms with Crippen LogP contribution in [0.15, 0.2) is 84.1 Å². The van der Waals surface area contributed by atoms with Gasteiger partial charge in [-0.25, -0.2) is 13.2 Å². The van der Waals surface area contributed by atoms with Crippen LogP contribution in [0, 0.1) is 0 Å². The fourth-order valence-electron chi connectivity index (χ4n) is 4.26. The Balaban J connectivity index is 1.58. The summed E-state index contributed by atoms with van der Waals surface area (Å²) < 4.78 is 28.8. The van der Waals surface area contributed by atoms with Gasteiger partial charge in [0.15, 0.2) is 0 Å². The van der Waals surface area contributed by atoms with Crippen LogP contribution >= 0.6 is 23.2 Å². The van der Waals surface area contributed by atoms with Crippen LogP contribution in [0.4, 0.5) is 16.2 Å². The summed E-state index contributed by atoms with van der Waals surface area (Å²) >= 11 is 13.2. The van der Waals surface area contributed by atoms with E-state index >= 15 is 0 Å². The lowest BCUT2D eigenvalue weighted by atomic mass is 9.95. The minimum atomic E-state index is -3.90. The minimum Gasteiger partial charge on any atom is -0.331 e. The lowest BCUT2D eigenvalue weighted by Crippen LogP contribution is -2.38. The van der Waals surface area contributed by atoms with Gasteiger partial charge >= 0.3 is 6.03 Å². The molecule has 3 aromatic carbocycles. The van der Waals surface area contributed by atoms with Gasteiger partial charge in [-0.1, -0.05) is 59.6 Å². The van der Waals surface area contributed by atoms with Crippen LogP contribution in [0.3, 0.4) is 0 Å². The zero-order chi connectivity index (χ0) is 30.5. The monoisotopic (exact) mass is 626 g/mol. The van der Waals surface area contributed by atoms with Crippen molar-refractivity contribution in [1.82, 2.24) is 20.6 Å². The van der Waals surface area contributed by atoms with Gasteiger partial charge in [-0.15, -0.1) is 0 Å². The molecule has 0 unspecified atom stereocenters. The van der Waals surface area contributed by atoms with Crippen molar-refractivity contribution >= 4 is 50.6 Å². The molecule has 4 rings (SSSR count). The fraction of sp³-hybridized carbons (Fsp3) is 0.233. The molecule has 0 radical (unpaired) electrons. The summed E-state index contributed by atoms with van der Waals surface area (Å²) in [5, 5.41) is 9.49. The third-order valence-corrected chi connectivity index (χ3v) is 9.00. The van der Waals surface area contributed by atoms with Gasteiger partial charge in [0.05, 0.1) is 44.2 Å². The number of halogens is 2. The second kappa shape index (κ2) is 13.1. The molecule has 0 spiro atoms. The van der Waals surface area contributed by atoms with Crippen molar-refractivity contribution in [3.05, 3.63) is 100 Å². The molecule has 0 aliphatic carbocycles. The summed E-state index contributed by atoms with van der Waals surface area (Å²) in [5.41, 5.74) is 2.97. The molecule has 9 nitrogen and oxygen atoms in total. The number of aromatic nitrogens is 2. The molecule has 42 heavy (non-hydrogen) atoms. The Labute approximate surface area is 256 Å². The molecule has 4 aromatic rings. The zero-order valence-electron chi connectivity index (χ0n) is 23.6. The van der Waals surface area contributed by atoms with Crippen molar-refractivity contribution in [2.75, 3.05) is 17.1 Å². The molecule has 0 saturated heterocycles. The molecule has 0 aliphatic heterocycles. The van der Waals surface area contributed by atoms with E-state index in [4.69, 9.17) is 23.2 Å². The van der Waals surface area contributed by atoms with E-state index in [2.05, 4.69) is 30.6 Å². The number of amides is 2. The van der Waals surface area contributed by atoms with Crippen LogP contribution in [-0.2, 0) is 16.4 Å². The highest BCUT2D eigenvalue weighted by Crippen LogP contribution is 2.37. The molecule has 0 saturated carbocycles. The van der Waals surface area contributed by atoms with E-state index in [-0.39, 0.29) is 21.1 Å². The molecular formula is C30H32Cl2N6O3S. The highest BCUT2D eigenvalue weighted by Gasteiger charge is 2.22. The number of nitrogens with one attached hydrogen (secondary N) is 4. The first kappa shape index (κ1) is 31.2. The van der Waals surface area contributed by atoms with Gasteiger partial charge in [0.1, 0.15) is 0 Å². The predicted octanol–water partition coefficient (Wildman–Crippen LogP) is 6.67. The highest BCUT2D eigenvalue weighted by molar-refractivity contribution is 7.92. The van der Waals surface area contributed by atoms with E-state index < -0.39 is 22.1 Å². The van der Waals surface area contributed by atoms with Crippen molar-refractivity contribution in [3.8, 4) is 11.3 Å². The van der Waals surface area contributed by atoms with Crippen LogP contribution in [0.2, 0.25) is 10.0 Å². The third-order valence-electron chi connectivity index (χ3n) is 6.72. The van der Waals surface area contributed by atoms with Crippen LogP contribution in [0.1, 0.15) is 37.9 Å². The van der Waals surface area contributed by atoms with E-state index in [0.29, 0.717) is 34.0 Å². The van der Waals surface area contributed by atoms with Crippen molar-refractivity contribution < 1.29 is 13.2 Å². The fourth-order valence-corrected chi connectivity index (χ4v) is 5.96. The van der Waals surface area contributed by atoms with E-state index in [1.165, 1.54) is 12.1 Å². The van der Waals surface area contributed by atoms with Crippen LogP contribution in [0.5, 0.6) is 0 Å². The molecule has 0 fully saturated rings. The highest BCUT2D eigenvalue weighted by atomic mass is 35.5. The van der Waals surface area contributed by atoms with Gasteiger partial charge in [0, 0.05) is 23.5 Å². The Morgan fingerprint density at radius 2 is 1.71 bits per heavy atom. The van der Waals surface area contributed by atoms with E-state index in [1.807, 2.05) is 27.0 Å². The van der Waals surface area contributed by atoms with Crippen molar-refractivity contribution in [2.45, 2.75) is 43.7 Å². The maximum atomic E-state index is 13.2. The van der Waals surface area contributed by atoms with E-state index in [9.17, 15) is 13.2 Å². The largest absolute Gasteiger partial charge is 0.331 e. The molecule has 1 atom stereocenters. The number of hydrogen-bond donors (Lipinski definition) is 4. The second-order valence-corrected chi connectivity index (χ2v) is 12.8. The molecule has 220 valence electrons. The lowest BCUT2D eigenvalue weighted by Gasteiger charge is -2.25. The van der Waals surface area contributed by atoms with E-state index in [0.717, 1.165) is 5.56 Å². The number of benzene rings is 3. The van der Waals surface area contributed by atoms with Gasteiger partial charge in [0.2, 0.25) is 0 Å². The first-order chi connectivity index (χ1) is 19.9. The molecular weight excluding hydrogens is 595 g/mol. The number of carbonyl (C=O) groups is 1. The van der Waals surface area contributed by atoms with Gasteiger partial charge in [-0.3, -0.25) is 14.7 Å². The SMILES string of the molecule is CNC(C)(C)Cc1ccc(NS(=O)(=O)c2ccccc2)c(NC(=O)N[C@@H](C)c2ccc(-c3cnccn3)c(Cl)c2Cl)c1. The predicted molar refractivity (Wildman–Crippen MR) is 169 cm³/mol. The summed E-state index contributed by atoms with van der Waals surface area (Å²) in [7, 11) is -2.03. The minimum absolute atomic E-state index is 0.103. The van der Waals surface area contributed by atoms with Crippen molar-refractivity contribution in [3.63, 3.8) is 0 Å². The van der Waals surface area contributed by atoms with Crippen molar-refractivity contribution in [1.29, 1.82) is 0 Å². The Bertz CT molecular complexity index is 1670. The van der Waals surface area contributed by atoms with Crippen LogP contribution < -0.4 is 20.7 Å². The van der Waals surface area contributed by atoms with Crippen LogP contribution in [-0.4, -0.2) is 37.0 Å². The number of likely N-dealkylation sites (N-methyl/N-ethyl adjacent to an activating group) is 1. The Morgan fingerprint density at radius 1 is 0.976 bits per heavy atom. The van der Waals surface area contributed by atoms with Gasteiger partial charge in [0.25, 0.3) is 10.0 Å². The van der Waals surface area contributed by atoms with Crippen molar-refractivity contribution in [2.24, 2.45) is 0 Å². The molecule has 1 aromatic heterocycles.